The van der Waals surface area contributed by atoms with E-state index in [0.29, 0.717) is 13.0 Å². The summed E-state index contributed by atoms with van der Waals surface area (Å²) in [6.07, 6.45) is 1.51. The molecule has 2 N–H and O–H groups in total. The van der Waals surface area contributed by atoms with Gasteiger partial charge in [-0.1, -0.05) is 19.1 Å². The summed E-state index contributed by atoms with van der Waals surface area (Å²) in [5.74, 6) is 1.88. The van der Waals surface area contributed by atoms with Gasteiger partial charge < -0.3 is 25.2 Å². The summed E-state index contributed by atoms with van der Waals surface area (Å²) in [6, 6.07) is 8.55. The van der Waals surface area contributed by atoms with E-state index in [0.717, 1.165) is 37.8 Å². The number of carbonyl (C=O) groups is 1. The molecule has 8 heteroatoms. The first-order valence-electron chi connectivity index (χ1n) is 10.1. The van der Waals surface area contributed by atoms with Crippen LogP contribution in [0.5, 0.6) is 5.75 Å². The molecule has 0 aliphatic carbocycles. The van der Waals surface area contributed by atoms with Crippen LogP contribution in [0.25, 0.3) is 0 Å². The van der Waals surface area contributed by atoms with Gasteiger partial charge in [0.15, 0.2) is 5.96 Å². The molecule has 29 heavy (non-hydrogen) atoms. The first-order chi connectivity index (χ1) is 13.5. The Labute approximate surface area is 192 Å². The molecule has 0 radical (unpaired) electrons. The van der Waals surface area contributed by atoms with Gasteiger partial charge in [0, 0.05) is 32.1 Å². The molecule has 1 saturated heterocycles. The molecule has 0 spiro atoms. The van der Waals surface area contributed by atoms with Crippen LogP contribution in [-0.2, 0) is 4.79 Å². The number of hydrogen-bond donors (Lipinski definition) is 2. The molecule has 1 aromatic carbocycles. The molecule has 164 valence electrons. The molecule has 1 fully saturated rings. The normalized spacial score (nSPS) is 17.7. The molecule has 2 unspecified atom stereocenters. The molecule has 0 bridgehead atoms. The standard InChI is InChI=1S/C21H35N5O2.HI/c1-6-20(27)26-13-12-17(15-26)24-21(22-7-2)23-14-19(25(3)4)16-8-10-18(28-5)11-9-16;/h8-11,17,19H,6-7,12-15H2,1-5H3,(H2,22,23,24);1H. The SMILES string of the molecule is CCNC(=NCC(c1ccc(OC)cc1)N(C)C)NC1CCN(C(=O)CC)C1.I. The summed E-state index contributed by atoms with van der Waals surface area (Å²) < 4.78 is 5.26. The monoisotopic (exact) mass is 517 g/mol. The Bertz CT molecular complexity index is 651. The molecule has 1 amide bonds. The Morgan fingerprint density at radius 3 is 2.55 bits per heavy atom. The van der Waals surface area contributed by atoms with Crippen LogP contribution < -0.4 is 15.4 Å². The third-order valence-electron chi connectivity index (χ3n) is 5.07. The highest BCUT2D eigenvalue weighted by Crippen LogP contribution is 2.21. The Balaban J connectivity index is 0.00000420. The van der Waals surface area contributed by atoms with Crippen LogP contribution in [0.4, 0.5) is 0 Å². The van der Waals surface area contributed by atoms with Crippen molar-refractivity contribution in [3.05, 3.63) is 29.8 Å². The van der Waals surface area contributed by atoms with Crippen LogP contribution in [0.2, 0.25) is 0 Å². The van der Waals surface area contributed by atoms with Gasteiger partial charge in [0.1, 0.15) is 5.75 Å². The van der Waals surface area contributed by atoms with Crippen molar-refractivity contribution in [1.29, 1.82) is 0 Å². The fourth-order valence-electron chi connectivity index (χ4n) is 3.41. The summed E-state index contributed by atoms with van der Waals surface area (Å²) in [5.41, 5.74) is 1.20. The summed E-state index contributed by atoms with van der Waals surface area (Å²) in [6.45, 7) is 6.97. The van der Waals surface area contributed by atoms with Gasteiger partial charge >= 0.3 is 0 Å². The molecule has 1 aromatic rings. The van der Waals surface area contributed by atoms with Gasteiger partial charge in [-0.2, -0.15) is 0 Å². The number of rotatable bonds is 8. The number of guanidine groups is 1. The molecule has 2 atom stereocenters. The summed E-state index contributed by atoms with van der Waals surface area (Å²) >= 11 is 0. The number of nitrogens with zero attached hydrogens (tertiary/aromatic N) is 3. The predicted molar refractivity (Wildman–Crippen MR) is 129 cm³/mol. The van der Waals surface area contributed by atoms with Crippen molar-refractivity contribution in [3.63, 3.8) is 0 Å². The molecule has 0 aromatic heterocycles. The van der Waals surface area contributed by atoms with E-state index in [-0.39, 0.29) is 42.0 Å². The lowest BCUT2D eigenvalue weighted by Crippen LogP contribution is -2.45. The van der Waals surface area contributed by atoms with Gasteiger partial charge in [0.05, 0.1) is 19.7 Å². The predicted octanol–water partition coefficient (Wildman–Crippen LogP) is 2.48. The number of nitrogens with one attached hydrogen (secondary N) is 2. The minimum Gasteiger partial charge on any atom is -0.497 e. The highest BCUT2D eigenvalue weighted by atomic mass is 127. The van der Waals surface area contributed by atoms with E-state index in [2.05, 4.69) is 48.7 Å². The molecule has 1 heterocycles. The number of aliphatic imine (C=N–C) groups is 1. The summed E-state index contributed by atoms with van der Waals surface area (Å²) in [5, 5.41) is 6.82. The number of carbonyl (C=O) groups excluding carboxylic acids is 1. The van der Waals surface area contributed by atoms with Gasteiger partial charge in [0.2, 0.25) is 5.91 Å². The Kier molecular flexibility index (Phi) is 11.3. The maximum atomic E-state index is 11.9. The average molecular weight is 517 g/mol. The summed E-state index contributed by atoms with van der Waals surface area (Å²) in [4.78, 5) is 20.8. The second-order valence-corrected chi connectivity index (χ2v) is 7.30. The quantitative estimate of drug-likeness (QED) is 0.315. The number of likely N-dealkylation sites (N-methyl/N-ethyl adjacent to an activating group) is 1. The van der Waals surface area contributed by atoms with Gasteiger partial charge in [-0.05, 0) is 45.1 Å². The third-order valence-corrected chi connectivity index (χ3v) is 5.07. The maximum absolute atomic E-state index is 11.9. The average Bonchev–Trinajstić information content (AvgIpc) is 3.16. The first kappa shape index (κ1) is 25.5. The Morgan fingerprint density at radius 1 is 1.31 bits per heavy atom. The van der Waals surface area contributed by atoms with Crippen molar-refractivity contribution in [3.8, 4) is 5.75 Å². The molecular formula is C21H36IN5O2. The van der Waals surface area contributed by atoms with Crippen LogP contribution >= 0.6 is 24.0 Å². The minimum absolute atomic E-state index is 0. The van der Waals surface area contributed by atoms with Crippen LogP contribution in [0, 0.1) is 0 Å². The molecule has 2 rings (SSSR count). The molecule has 0 saturated carbocycles. The maximum Gasteiger partial charge on any atom is 0.222 e. The molecular weight excluding hydrogens is 481 g/mol. The van der Waals surface area contributed by atoms with Crippen molar-refractivity contribution in [2.24, 2.45) is 4.99 Å². The van der Waals surface area contributed by atoms with Crippen LogP contribution in [0.15, 0.2) is 29.3 Å². The molecule has 1 aliphatic rings. The Hall–Kier alpha value is -1.55. The zero-order chi connectivity index (χ0) is 20.5. The number of ether oxygens (including phenoxy) is 1. The number of hydrogen-bond acceptors (Lipinski definition) is 4. The van der Waals surface area contributed by atoms with Crippen molar-refractivity contribution in [2.75, 3.05) is 47.4 Å². The number of benzene rings is 1. The number of likely N-dealkylation sites (tertiary alicyclic amines) is 1. The highest BCUT2D eigenvalue weighted by Gasteiger charge is 2.26. The number of amides is 1. The minimum atomic E-state index is 0. The summed E-state index contributed by atoms with van der Waals surface area (Å²) in [7, 11) is 5.81. The van der Waals surface area contributed by atoms with Crippen LogP contribution in [-0.4, -0.2) is 75.1 Å². The van der Waals surface area contributed by atoms with Crippen LogP contribution in [0.3, 0.4) is 0 Å². The fraction of sp³-hybridized carbons (Fsp3) is 0.619. The Morgan fingerprint density at radius 2 is 2.00 bits per heavy atom. The van der Waals surface area contributed by atoms with Crippen molar-refractivity contribution in [1.82, 2.24) is 20.4 Å². The van der Waals surface area contributed by atoms with Crippen LogP contribution in [0.1, 0.15) is 38.3 Å². The topological polar surface area (TPSA) is 69.2 Å². The van der Waals surface area contributed by atoms with E-state index in [1.165, 1.54) is 5.56 Å². The van der Waals surface area contributed by atoms with Crippen molar-refractivity contribution < 1.29 is 9.53 Å². The smallest absolute Gasteiger partial charge is 0.222 e. The van der Waals surface area contributed by atoms with E-state index in [9.17, 15) is 4.79 Å². The van der Waals surface area contributed by atoms with Gasteiger partial charge in [-0.25, -0.2) is 0 Å². The first-order valence-corrected chi connectivity index (χ1v) is 10.1. The largest absolute Gasteiger partial charge is 0.497 e. The number of halogens is 1. The van der Waals surface area contributed by atoms with Gasteiger partial charge in [0.25, 0.3) is 0 Å². The molecule has 1 aliphatic heterocycles. The van der Waals surface area contributed by atoms with Crippen molar-refractivity contribution >= 4 is 35.8 Å². The van der Waals surface area contributed by atoms with Crippen molar-refractivity contribution in [2.45, 2.75) is 38.8 Å². The second-order valence-electron chi connectivity index (χ2n) is 7.30. The highest BCUT2D eigenvalue weighted by molar-refractivity contribution is 14.0. The fourth-order valence-corrected chi connectivity index (χ4v) is 3.41. The van der Waals surface area contributed by atoms with E-state index in [4.69, 9.17) is 9.73 Å². The third kappa shape index (κ3) is 7.65. The van der Waals surface area contributed by atoms with E-state index in [1.807, 2.05) is 24.0 Å². The zero-order valence-electron chi connectivity index (χ0n) is 18.3. The lowest BCUT2D eigenvalue weighted by Gasteiger charge is -2.24. The zero-order valence-corrected chi connectivity index (χ0v) is 20.6. The van der Waals surface area contributed by atoms with E-state index >= 15 is 0 Å². The second kappa shape index (κ2) is 12.9. The lowest BCUT2D eigenvalue weighted by atomic mass is 10.1. The van der Waals surface area contributed by atoms with E-state index < -0.39 is 0 Å². The van der Waals surface area contributed by atoms with Gasteiger partial charge in [-0.3, -0.25) is 9.79 Å². The van der Waals surface area contributed by atoms with Gasteiger partial charge in [-0.15, -0.1) is 24.0 Å². The number of methoxy groups -OCH3 is 1. The molecule has 7 nitrogen and oxygen atoms in total. The van der Waals surface area contributed by atoms with E-state index in [1.54, 1.807) is 7.11 Å². The lowest BCUT2D eigenvalue weighted by molar-refractivity contribution is -0.129.